The van der Waals surface area contributed by atoms with E-state index in [2.05, 4.69) is 161 Å². The molecule has 0 unspecified atom stereocenters. The Balaban J connectivity index is 1.23. The van der Waals surface area contributed by atoms with Crippen molar-refractivity contribution in [2.45, 2.75) is 0 Å². The Hall–Kier alpha value is -6.65. The highest BCUT2D eigenvalue weighted by atomic mass is 16.3. The van der Waals surface area contributed by atoms with E-state index in [1.807, 2.05) is 12.1 Å². The first-order valence-corrected chi connectivity index (χ1v) is 16.6. The Morgan fingerprint density at radius 3 is 1.65 bits per heavy atom. The average Bonchev–Trinajstić information content (AvgIpc) is 3.81. The summed E-state index contributed by atoms with van der Waals surface area (Å²) in [5, 5.41) is 6.97. The van der Waals surface area contributed by atoms with Gasteiger partial charge in [0.15, 0.2) is 5.58 Å². The Kier molecular flexibility index (Phi) is 5.35. The molecule has 0 aliphatic heterocycles. The zero-order valence-corrected chi connectivity index (χ0v) is 26.3. The molecule has 0 aliphatic carbocycles. The van der Waals surface area contributed by atoms with E-state index in [0.29, 0.717) is 0 Å². The maximum absolute atomic E-state index is 6.67. The Bertz CT molecular complexity index is 3110. The zero-order valence-electron chi connectivity index (χ0n) is 26.3. The molecule has 228 valence electrons. The van der Waals surface area contributed by atoms with Gasteiger partial charge in [0.05, 0.1) is 27.6 Å². The predicted octanol–water partition coefficient (Wildman–Crippen LogP) is 12.0. The Morgan fingerprint density at radius 2 is 0.939 bits per heavy atom. The monoisotopic (exact) mass is 625 g/mol. The molecule has 4 heterocycles. The summed E-state index contributed by atoms with van der Waals surface area (Å²) in [4.78, 5) is 5.13. The van der Waals surface area contributed by atoms with Crippen molar-refractivity contribution in [2.75, 3.05) is 0 Å². The maximum atomic E-state index is 6.67. The van der Waals surface area contributed by atoms with Crippen LogP contribution in [-0.2, 0) is 0 Å². The fourth-order valence-corrected chi connectivity index (χ4v) is 7.94. The summed E-state index contributed by atoms with van der Waals surface area (Å²) in [7, 11) is 0. The van der Waals surface area contributed by atoms with Crippen LogP contribution in [0.3, 0.4) is 0 Å². The minimum absolute atomic E-state index is 0.793. The first-order valence-electron chi connectivity index (χ1n) is 16.6. The molecule has 0 N–H and O–H groups in total. The van der Waals surface area contributed by atoms with Crippen molar-refractivity contribution in [2.24, 2.45) is 0 Å². The van der Waals surface area contributed by atoms with Gasteiger partial charge in [0, 0.05) is 38.0 Å². The summed E-state index contributed by atoms with van der Waals surface area (Å²) in [6.45, 7) is 0. The van der Waals surface area contributed by atoms with Gasteiger partial charge in [-0.2, -0.15) is 0 Å². The van der Waals surface area contributed by atoms with Gasteiger partial charge in [-0.3, -0.25) is 0 Å². The third kappa shape index (κ3) is 3.71. The van der Waals surface area contributed by atoms with Crippen LogP contribution in [0.4, 0.5) is 0 Å². The molecule has 7 aromatic carbocycles. The summed E-state index contributed by atoms with van der Waals surface area (Å²) in [6.07, 6.45) is 0. The van der Waals surface area contributed by atoms with Gasteiger partial charge < -0.3 is 13.6 Å². The first kappa shape index (κ1) is 26.4. The Labute approximate surface area is 280 Å². The lowest BCUT2D eigenvalue weighted by molar-refractivity contribution is 0.666. The topological polar surface area (TPSA) is 35.9 Å². The largest absolute Gasteiger partial charge is 0.452 e. The van der Waals surface area contributed by atoms with Crippen molar-refractivity contribution in [1.29, 1.82) is 0 Å². The third-order valence-corrected chi connectivity index (χ3v) is 10.1. The molecule has 0 saturated heterocycles. The lowest BCUT2D eigenvalue weighted by Crippen LogP contribution is -1.98. The van der Waals surface area contributed by atoms with Gasteiger partial charge in [0.1, 0.15) is 16.8 Å². The van der Waals surface area contributed by atoms with E-state index in [1.54, 1.807) is 0 Å². The van der Waals surface area contributed by atoms with E-state index < -0.39 is 0 Å². The van der Waals surface area contributed by atoms with Crippen LogP contribution >= 0.6 is 0 Å². The number of fused-ring (bicyclic) bond motifs is 10. The van der Waals surface area contributed by atoms with Crippen molar-refractivity contribution in [3.05, 3.63) is 164 Å². The molecule has 0 amide bonds. The van der Waals surface area contributed by atoms with Crippen LogP contribution in [0.5, 0.6) is 0 Å². The highest BCUT2D eigenvalue weighted by Crippen LogP contribution is 2.42. The molecule has 11 rings (SSSR count). The molecule has 0 saturated carbocycles. The highest BCUT2D eigenvalue weighted by Gasteiger charge is 2.22. The zero-order chi connectivity index (χ0) is 32.1. The molecule has 49 heavy (non-hydrogen) atoms. The number of benzene rings is 7. The van der Waals surface area contributed by atoms with E-state index >= 15 is 0 Å². The SMILES string of the molecule is c1ccc(-n2c3ccccc3c3ccc(-c4ccc5c6ccccc6n(-c6c7ccccc7nc7c6oc6ccccc67)c5c4)cc32)cc1. The number of furan rings is 1. The van der Waals surface area contributed by atoms with Crippen molar-refractivity contribution in [3.63, 3.8) is 0 Å². The van der Waals surface area contributed by atoms with Gasteiger partial charge >= 0.3 is 0 Å². The molecule has 11 aromatic rings. The summed E-state index contributed by atoms with van der Waals surface area (Å²) in [5.74, 6) is 0. The van der Waals surface area contributed by atoms with E-state index in [1.165, 1.54) is 38.1 Å². The summed E-state index contributed by atoms with van der Waals surface area (Å²) < 4.78 is 11.4. The molecule has 0 aliphatic rings. The summed E-state index contributed by atoms with van der Waals surface area (Å²) >= 11 is 0. The van der Waals surface area contributed by atoms with Crippen LogP contribution in [0.25, 0.3) is 99.1 Å². The van der Waals surface area contributed by atoms with Crippen LogP contribution in [0.2, 0.25) is 0 Å². The molecular formula is C45H27N3O. The summed E-state index contributed by atoms with van der Waals surface area (Å²) in [6, 6.07) is 58.4. The van der Waals surface area contributed by atoms with Crippen LogP contribution in [0.15, 0.2) is 168 Å². The molecule has 4 nitrogen and oxygen atoms in total. The highest BCUT2D eigenvalue weighted by molar-refractivity contribution is 6.17. The van der Waals surface area contributed by atoms with Gasteiger partial charge in [-0.15, -0.1) is 0 Å². The normalized spacial score (nSPS) is 12.1. The first-order chi connectivity index (χ1) is 24.3. The van der Waals surface area contributed by atoms with Gasteiger partial charge in [0.25, 0.3) is 0 Å². The lowest BCUT2D eigenvalue weighted by atomic mass is 10.0. The molecular weight excluding hydrogens is 599 g/mol. The second-order valence-corrected chi connectivity index (χ2v) is 12.8. The maximum Gasteiger partial charge on any atom is 0.178 e. The minimum atomic E-state index is 0.793. The lowest BCUT2D eigenvalue weighted by Gasteiger charge is -2.13. The van der Waals surface area contributed by atoms with Crippen molar-refractivity contribution < 1.29 is 4.42 Å². The Morgan fingerprint density at radius 1 is 0.408 bits per heavy atom. The molecule has 0 radical (unpaired) electrons. The van der Waals surface area contributed by atoms with Crippen molar-refractivity contribution >= 4 is 76.6 Å². The second kappa shape index (κ2) is 9.93. The van der Waals surface area contributed by atoms with Gasteiger partial charge in [-0.05, 0) is 65.7 Å². The van der Waals surface area contributed by atoms with Crippen LogP contribution in [0.1, 0.15) is 0 Å². The smallest absolute Gasteiger partial charge is 0.178 e. The molecule has 4 heteroatoms. The van der Waals surface area contributed by atoms with E-state index in [4.69, 9.17) is 9.40 Å². The van der Waals surface area contributed by atoms with Crippen molar-refractivity contribution in [3.8, 4) is 22.5 Å². The van der Waals surface area contributed by atoms with Crippen molar-refractivity contribution in [1.82, 2.24) is 14.1 Å². The number of aromatic nitrogens is 3. The molecule has 0 atom stereocenters. The predicted molar refractivity (Wildman–Crippen MR) is 203 cm³/mol. The third-order valence-electron chi connectivity index (χ3n) is 10.1. The van der Waals surface area contributed by atoms with Crippen LogP contribution in [0, 0.1) is 0 Å². The molecule has 4 aromatic heterocycles. The van der Waals surface area contributed by atoms with Gasteiger partial charge in [-0.25, -0.2) is 4.98 Å². The van der Waals surface area contributed by atoms with Crippen LogP contribution in [-0.4, -0.2) is 14.1 Å². The number of hydrogen-bond acceptors (Lipinski definition) is 2. The number of nitrogens with zero attached hydrogens (tertiary/aromatic N) is 3. The number of para-hydroxylation sites is 5. The van der Waals surface area contributed by atoms with Gasteiger partial charge in [0.2, 0.25) is 0 Å². The van der Waals surface area contributed by atoms with E-state index in [9.17, 15) is 0 Å². The molecule has 0 spiro atoms. The van der Waals surface area contributed by atoms with Crippen LogP contribution < -0.4 is 0 Å². The second-order valence-electron chi connectivity index (χ2n) is 12.8. The van der Waals surface area contributed by atoms with E-state index in [-0.39, 0.29) is 0 Å². The number of pyridine rings is 1. The fourth-order valence-electron chi connectivity index (χ4n) is 7.94. The standard InChI is InChI=1S/C45H27N3O/c1-2-12-30(13-3-1)47-38-19-9-5-14-31(38)33-24-22-28(26-40(33)47)29-23-25-34-32-15-6-10-20-39(32)48(41(34)27-29)44-35-16-4-8-18-37(35)46-43-36-17-7-11-21-42(36)49-45(43)44/h1-27H. The average molecular weight is 626 g/mol. The quantitative estimate of drug-likeness (QED) is 0.196. The van der Waals surface area contributed by atoms with E-state index in [0.717, 1.165) is 60.9 Å². The van der Waals surface area contributed by atoms with Gasteiger partial charge in [-0.1, -0.05) is 109 Å². The fraction of sp³-hybridized carbons (Fsp3) is 0. The molecule has 0 bridgehead atoms. The number of hydrogen-bond donors (Lipinski definition) is 0. The number of rotatable bonds is 3. The minimum Gasteiger partial charge on any atom is -0.452 e. The molecule has 0 fully saturated rings. The summed E-state index contributed by atoms with van der Waals surface area (Å²) in [5.41, 5.74) is 12.6.